The molecule has 0 spiro atoms. The van der Waals surface area contributed by atoms with Crippen LogP contribution in [0.3, 0.4) is 0 Å². The molecule has 0 saturated heterocycles. The summed E-state index contributed by atoms with van der Waals surface area (Å²) in [5.74, 6) is 0.754. The van der Waals surface area contributed by atoms with E-state index in [9.17, 15) is 10.1 Å². The zero-order chi connectivity index (χ0) is 24.8. The molecule has 4 aromatic rings. The van der Waals surface area contributed by atoms with Crippen molar-refractivity contribution < 1.29 is 9.66 Å². The molecular weight excluding hydrogens is 446 g/mol. The second-order valence-corrected chi connectivity index (χ2v) is 8.16. The molecule has 0 atom stereocenters. The molecular formula is C25H29N7O3. The first-order valence-electron chi connectivity index (χ1n) is 11.5. The Labute approximate surface area is 203 Å². The zero-order valence-corrected chi connectivity index (χ0v) is 19.8. The highest BCUT2D eigenvalue weighted by atomic mass is 16.6. The smallest absolute Gasteiger partial charge is 0.294 e. The Morgan fingerprint density at radius 2 is 1.97 bits per heavy atom. The summed E-state index contributed by atoms with van der Waals surface area (Å²) in [6.45, 7) is 1.24. The number of fused-ring (bicyclic) bond motifs is 1. The normalized spacial score (nSPS) is 10.9. The molecule has 182 valence electrons. The van der Waals surface area contributed by atoms with Gasteiger partial charge in [-0.05, 0) is 31.5 Å². The van der Waals surface area contributed by atoms with Crippen molar-refractivity contribution in [1.82, 2.24) is 14.5 Å². The standard InChI is InChI=1S/C25H29N7O3/c1-31-16-18(17-8-4-5-9-22(17)31)19-10-13-28-25(29-19)30-21-14-23(32(33)34)20(15-24(21)35-2)27-12-7-3-6-11-26/h4-5,8-10,13-16,27H,3,6-7,11-12,26H2,1-2H3,(H,28,29,30). The number of hydrogen-bond acceptors (Lipinski definition) is 8. The van der Waals surface area contributed by atoms with Crippen molar-refractivity contribution in [2.75, 3.05) is 30.8 Å². The first-order valence-corrected chi connectivity index (χ1v) is 11.5. The average molecular weight is 476 g/mol. The van der Waals surface area contributed by atoms with Gasteiger partial charge in [0.2, 0.25) is 5.95 Å². The predicted octanol–water partition coefficient (Wildman–Crippen LogP) is 4.84. The van der Waals surface area contributed by atoms with Crippen LogP contribution in [-0.4, -0.2) is 39.7 Å². The highest BCUT2D eigenvalue weighted by Crippen LogP contribution is 2.37. The highest BCUT2D eigenvalue weighted by molar-refractivity contribution is 5.95. The van der Waals surface area contributed by atoms with Gasteiger partial charge in [0.15, 0.2) is 0 Å². The van der Waals surface area contributed by atoms with E-state index in [4.69, 9.17) is 10.5 Å². The van der Waals surface area contributed by atoms with Gasteiger partial charge < -0.3 is 25.7 Å². The number of nitro benzene ring substituents is 1. The summed E-state index contributed by atoms with van der Waals surface area (Å²) in [6.07, 6.45) is 6.43. The van der Waals surface area contributed by atoms with Crippen LogP contribution in [0.1, 0.15) is 19.3 Å². The summed E-state index contributed by atoms with van der Waals surface area (Å²) >= 11 is 0. The SMILES string of the molecule is COc1cc(NCCCCCN)c([N+](=O)[O-])cc1Nc1nccc(-c2cn(C)c3ccccc23)n1. The average Bonchev–Trinajstić information content (AvgIpc) is 3.21. The van der Waals surface area contributed by atoms with E-state index in [0.717, 1.165) is 41.4 Å². The monoisotopic (exact) mass is 475 g/mol. The van der Waals surface area contributed by atoms with Crippen molar-refractivity contribution in [2.24, 2.45) is 12.8 Å². The van der Waals surface area contributed by atoms with Crippen LogP contribution < -0.4 is 21.1 Å². The number of aryl methyl sites for hydroxylation is 1. The van der Waals surface area contributed by atoms with Gasteiger partial charge in [-0.2, -0.15) is 0 Å². The molecule has 4 N–H and O–H groups in total. The van der Waals surface area contributed by atoms with Crippen LogP contribution in [-0.2, 0) is 7.05 Å². The van der Waals surface area contributed by atoms with E-state index in [1.165, 1.54) is 13.2 Å². The second-order valence-electron chi connectivity index (χ2n) is 8.16. The van der Waals surface area contributed by atoms with E-state index >= 15 is 0 Å². The van der Waals surface area contributed by atoms with Gasteiger partial charge in [0, 0.05) is 54.6 Å². The van der Waals surface area contributed by atoms with Gasteiger partial charge >= 0.3 is 0 Å². The topological polar surface area (TPSA) is 133 Å². The van der Waals surface area contributed by atoms with Crippen molar-refractivity contribution in [3.8, 4) is 17.0 Å². The number of nitrogens with zero attached hydrogens (tertiary/aromatic N) is 4. The number of aromatic nitrogens is 3. The Bertz CT molecular complexity index is 1340. The molecule has 2 aromatic carbocycles. The fraction of sp³-hybridized carbons (Fsp3) is 0.280. The lowest BCUT2D eigenvalue weighted by molar-refractivity contribution is -0.383. The largest absolute Gasteiger partial charge is 0.494 e. The molecule has 0 fully saturated rings. The number of para-hydroxylation sites is 1. The molecule has 35 heavy (non-hydrogen) atoms. The Kier molecular flexibility index (Phi) is 7.41. The van der Waals surface area contributed by atoms with Gasteiger partial charge in [0.1, 0.15) is 11.4 Å². The summed E-state index contributed by atoms with van der Waals surface area (Å²) < 4.78 is 7.56. The molecule has 0 aliphatic heterocycles. The molecule has 0 radical (unpaired) electrons. The Balaban J connectivity index is 1.62. The van der Waals surface area contributed by atoms with Gasteiger partial charge in [0.25, 0.3) is 5.69 Å². The van der Waals surface area contributed by atoms with Crippen LogP contribution in [0.4, 0.5) is 23.0 Å². The van der Waals surface area contributed by atoms with Crippen LogP contribution >= 0.6 is 0 Å². The summed E-state index contributed by atoms with van der Waals surface area (Å²) in [5, 5.41) is 19.1. The molecule has 2 heterocycles. The van der Waals surface area contributed by atoms with Crippen molar-refractivity contribution in [2.45, 2.75) is 19.3 Å². The van der Waals surface area contributed by atoms with Crippen LogP contribution in [0.5, 0.6) is 5.75 Å². The van der Waals surface area contributed by atoms with Crippen LogP contribution in [0, 0.1) is 10.1 Å². The molecule has 2 aromatic heterocycles. The number of ether oxygens (including phenoxy) is 1. The van der Waals surface area contributed by atoms with Gasteiger partial charge in [-0.1, -0.05) is 24.6 Å². The van der Waals surface area contributed by atoms with Gasteiger partial charge in [0.05, 0.1) is 23.4 Å². The third kappa shape index (κ3) is 5.33. The summed E-state index contributed by atoms with van der Waals surface area (Å²) in [7, 11) is 3.51. The fourth-order valence-corrected chi connectivity index (χ4v) is 4.03. The Hall–Kier alpha value is -4.18. The van der Waals surface area contributed by atoms with E-state index in [1.54, 1.807) is 12.3 Å². The number of hydrogen-bond donors (Lipinski definition) is 3. The summed E-state index contributed by atoms with van der Waals surface area (Å²) in [5.41, 5.74) is 9.08. The van der Waals surface area contributed by atoms with Crippen molar-refractivity contribution in [3.63, 3.8) is 0 Å². The van der Waals surface area contributed by atoms with Crippen molar-refractivity contribution in [1.29, 1.82) is 0 Å². The summed E-state index contributed by atoms with van der Waals surface area (Å²) in [6, 6.07) is 13.0. The summed E-state index contributed by atoms with van der Waals surface area (Å²) in [4.78, 5) is 20.3. The number of benzene rings is 2. The van der Waals surface area contributed by atoms with Gasteiger partial charge in [-0.3, -0.25) is 10.1 Å². The van der Waals surface area contributed by atoms with Crippen LogP contribution in [0.15, 0.2) is 54.9 Å². The van der Waals surface area contributed by atoms with E-state index in [0.29, 0.717) is 36.2 Å². The molecule has 0 amide bonds. The number of nitrogens with two attached hydrogens (primary N) is 1. The molecule has 0 bridgehead atoms. The number of rotatable bonds is 11. The lowest BCUT2D eigenvalue weighted by Gasteiger charge is -2.14. The zero-order valence-electron chi connectivity index (χ0n) is 19.8. The number of nitrogens with one attached hydrogen (secondary N) is 2. The highest BCUT2D eigenvalue weighted by Gasteiger charge is 2.20. The number of anilines is 3. The Morgan fingerprint density at radius 3 is 2.74 bits per heavy atom. The molecule has 10 nitrogen and oxygen atoms in total. The minimum atomic E-state index is -0.416. The lowest BCUT2D eigenvalue weighted by atomic mass is 10.1. The maximum Gasteiger partial charge on any atom is 0.294 e. The molecule has 0 aliphatic rings. The predicted molar refractivity (Wildman–Crippen MR) is 138 cm³/mol. The minimum Gasteiger partial charge on any atom is -0.494 e. The number of nitro groups is 1. The molecule has 0 aliphatic carbocycles. The minimum absolute atomic E-state index is 0.0580. The quantitative estimate of drug-likeness (QED) is 0.159. The lowest BCUT2D eigenvalue weighted by Crippen LogP contribution is -2.07. The second kappa shape index (κ2) is 10.8. The van der Waals surface area contributed by atoms with E-state index in [2.05, 4.69) is 26.7 Å². The Morgan fingerprint density at radius 1 is 1.14 bits per heavy atom. The van der Waals surface area contributed by atoms with Crippen molar-refractivity contribution in [3.05, 3.63) is 65.0 Å². The third-order valence-electron chi connectivity index (χ3n) is 5.79. The van der Waals surface area contributed by atoms with E-state index in [-0.39, 0.29) is 5.69 Å². The first kappa shape index (κ1) is 24.0. The third-order valence-corrected chi connectivity index (χ3v) is 5.79. The fourth-order valence-electron chi connectivity index (χ4n) is 4.03. The van der Waals surface area contributed by atoms with Crippen LogP contribution in [0.25, 0.3) is 22.2 Å². The maximum atomic E-state index is 11.8. The molecule has 4 rings (SSSR count). The van der Waals surface area contributed by atoms with Gasteiger partial charge in [-0.25, -0.2) is 9.97 Å². The van der Waals surface area contributed by atoms with Crippen LogP contribution in [0.2, 0.25) is 0 Å². The van der Waals surface area contributed by atoms with Gasteiger partial charge in [-0.15, -0.1) is 0 Å². The molecule has 0 saturated carbocycles. The first-order chi connectivity index (χ1) is 17.0. The maximum absolute atomic E-state index is 11.8. The number of unbranched alkanes of at least 4 members (excludes halogenated alkanes) is 2. The van der Waals surface area contributed by atoms with Crippen molar-refractivity contribution >= 4 is 33.9 Å². The van der Waals surface area contributed by atoms with E-state index in [1.807, 2.05) is 42.1 Å². The van der Waals surface area contributed by atoms with E-state index < -0.39 is 4.92 Å². The molecule has 0 unspecified atom stereocenters. The number of methoxy groups -OCH3 is 1. The molecule has 10 heteroatoms.